The highest BCUT2D eigenvalue weighted by atomic mass is 16.3. The fourth-order valence-electron chi connectivity index (χ4n) is 2.10. The molecule has 0 N–H and O–H groups in total. The number of fused-ring (bicyclic) bond motifs is 2. The number of hydrogen-bond donors (Lipinski definition) is 0. The molecule has 0 saturated heterocycles. The molecular weight excluding hydrogens is 226 g/mol. The summed E-state index contributed by atoms with van der Waals surface area (Å²) in [6.07, 6.45) is 0. The Morgan fingerprint density at radius 1 is 1.06 bits per heavy atom. The van der Waals surface area contributed by atoms with Crippen LogP contribution < -0.4 is 5.43 Å². The average molecular weight is 239 g/mol. The lowest BCUT2D eigenvalue weighted by atomic mass is 10.0. The van der Waals surface area contributed by atoms with E-state index in [-0.39, 0.29) is 5.43 Å². The molecule has 0 bridgehead atoms. The number of nitrogens with zero attached hydrogens (tertiary/aromatic N) is 1. The summed E-state index contributed by atoms with van der Waals surface area (Å²) in [6, 6.07) is 7.36. The molecule has 3 rings (SSSR count). The zero-order valence-corrected chi connectivity index (χ0v) is 10.6. The van der Waals surface area contributed by atoms with Crippen molar-refractivity contribution >= 4 is 11.1 Å². The first-order valence-corrected chi connectivity index (χ1v) is 5.87. The standard InChI is InChI=1S/C15H13NO2/c1-8-4-5-13-11(6-8)16-15-10(3)9(2)12(17)7-14(15)18-13/h4-7H,1-3H3. The van der Waals surface area contributed by atoms with Crippen LogP contribution in [0.25, 0.3) is 22.6 Å². The second-order valence-corrected chi connectivity index (χ2v) is 4.66. The van der Waals surface area contributed by atoms with Crippen LogP contribution in [-0.4, -0.2) is 4.98 Å². The van der Waals surface area contributed by atoms with E-state index in [1.54, 1.807) is 0 Å². The van der Waals surface area contributed by atoms with Crippen LogP contribution in [0.2, 0.25) is 0 Å². The Kier molecular flexibility index (Phi) is 2.23. The van der Waals surface area contributed by atoms with E-state index in [4.69, 9.17) is 4.42 Å². The predicted octanol–water partition coefficient (Wildman–Crippen LogP) is 3.22. The summed E-state index contributed by atoms with van der Waals surface area (Å²) in [4.78, 5) is 16.4. The zero-order valence-electron chi connectivity index (χ0n) is 10.6. The van der Waals surface area contributed by atoms with Gasteiger partial charge >= 0.3 is 0 Å². The molecule has 1 aliphatic heterocycles. The molecule has 0 saturated carbocycles. The van der Waals surface area contributed by atoms with Crippen molar-refractivity contribution in [2.24, 2.45) is 0 Å². The molecule has 1 aliphatic carbocycles. The van der Waals surface area contributed by atoms with E-state index in [1.165, 1.54) is 6.07 Å². The maximum Gasteiger partial charge on any atom is 0.185 e. The molecule has 0 atom stereocenters. The third-order valence-corrected chi connectivity index (χ3v) is 3.35. The summed E-state index contributed by atoms with van der Waals surface area (Å²) < 4.78 is 5.76. The highest BCUT2D eigenvalue weighted by Crippen LogP contribution is 2.27. The zero-order chi connectivity index (χ0) is 12.9. The van der Waals surface area contributed by atoms with E-state index >= 15 is 0 Å². The SMILES string of the molecule is Cc1ccc2oc3cc(=O)c(C)c(C)c-3nc2c1. The van der Waals surface area contributed by atoms with Gasteiger partial charge in [-0.15, -0.1) is 0 Å². The van der Waals surface area contributed by atoms with Crippen LogP contribution in [-0.2, 0) is 0 Å². The topological polar surface area (TPSA) is 43.1 Å². The second-order valence-electron chi connectivity index (χ2n) is 4.66. The van der Waals surface area contributed by atoms with E-state index in [2.05, 4.69) is 4.98 Å². The van der Waals surface area contributed by atoms with Gasteiger partial charge in [0.15, 0.2) is 16.8 Å². The molecule has 0 radical (unpaired) electrons. The molecule has 1 heterocycles. The van der Waals surface area contributed by atoms with Crippen LogP contribution in [0.4, 0.5) is 0 Å². The third kappa shape index (κ3) is 1.51. The summed E-state index contributed by atoms with van der Waals surface area (Å²) in [5, 5.41) is 0. The van der Waals surface area contributed by atoms with Crippen molar-refractivity contribution < 1.29 is 4.42 Å². The number of benzene rings is 2. The smallest absolute Gasteiger partial charge is 0.185 e. The Morgan fingerprint density at radius 2 is 1.83 bits per heavy atom. The first kappa shape index (κ1) is 11.0. The summed E-state index contributed by atoms with van der Waals surface area (Å²) in [5.74, 6) is 0.555. The van der Waals surface area contributed by atoms with Crippen LogP contribution >= 0.6 is 0 Å². The lowest BCUT2D eigenvalue weighted by Crippen LogP contribution is -2.09. The molecule has 18 heavy (non-hydrogen) atoms. The molecule has 0 unspecified atom stereocenters. The van der Waals surface area contributed by atoms with Gasteiger partial charge < -0.3 is 4.42 Å². The molecule has 0 aromatic heterocycles. The van der Waals surface area contributed by atoms with Crippen LogP contribution in [0.3, 0.4) is 0 Å². The van der Waals surface area contributed by atoms with Gasteiger partial charge in [0.25, 0.3) is 0 Å². The summed E-state index contributed by atoms with van der Waals surface area (Å²) in [5.41, 5.74) is 5.06. The molecule has 3 heteroatoms. The number of rotatable bonds is 0. The Balaban J connectivity index is 2.50. The number of aromatic nitrogens is 1. The monoisotopic (exact) mass is 239 g/mol. The molecule has 1 aromatic rings. The molecule has 0 spiro atoms. The van der Waals surface area contributed by atoms with Gasteiger partial charge in [0.2, 0.25) is 0 Å². The Labute approximate surface area is 104 Å². The minimum absolute atomic E-state index is 0.00277. The lowest BCUT2D eigenvalue weighted by molar-refractivity contribution is 0.611. The van der Waals surface area contributed by atoms with Crippen LogP contribution in [0.15, 0.2) is 33.5 Å². The highest BCUT2D eigenvalue weighted by molar-refractivity contribution is 5.78. The van der Waals surface area contributed by atoms with Gasteiger partial charge in [-0.3, -0.25) is 4.79 Å². The summed E-state index contributed by atoms with van der Waals surface area (Å²) in [7, 11) is 0. The summed E-state index contributed by atoms with van der Waals surface area (Å²) >= 11 is 0. The first-order chi connectivity index (χ1) is 8.56. The van der Waals surface area contributed by atoms with E-state index < -0.39 is 0 Å². The van der Waals surface area contributed by atoms with Gasteiger partial charge in [0, 0.05) is 11.6 Å². The van der Waals surface area contributed by atoms with Crippen LogP contribution in [0.5, 0.6) is 0 Å². The van der Waals surface area contributed by atoms with E-state index in [0.29, 0.717) is 11.3 Å². The van der Waals surface area contributed by atoms with Gasteiger partial charge in [0.1, 0.15) is 11.2 Å². The van der Waals surface area contributed by atoms with Crippen molar-refractivity contribution in [1.82, 2.24) is 4.98 Å². The maximum absolute atomic E-state index is 11.8. The molecule has 0 fully saturated rings. The van der Waals surface area contributed by atoms with Crippen molar-refractivity contribution in [3.8, 4) is 11.5 Å². The fraction of sp³-hybridized carbons (Fsp3) is 0.200. The maximum atomic E-state index is 11.8. The minimum Gasteiger partial charge on any atom is -0.453 e. The van der Waals surface area contributed by atoms with Gasteiger partial charge in [-0.2, -0.15) is 0 Å². The van der Waals surface area contributed by atoms with E-state index in [1.807, 2.05) is 39.0 Å². The van der Waals surface area contributed by atoms with Crippen molar-refractivity contribution in [2.75, 3.05) is 0 Å². The average Bonchev–Trinajstić information content (AvgIpc) is 2.35. The first-order valence-electron chi connectivity index (χ1n) is 5.87. The van der Waals surface area contributed by atoms with E-state index in [0.717, 1.165) is 27.9 Å². The molecule has 3 nitrogen and oxygen atoms in total. The number of hydrogen-bond acceptors (Lipinski definition) is 3. The number of aryl methyl sites for hydroxylation is 1. The Morgan fingerprint density at radius 3 is 2.61 bits per heavy atom. The third-order valence-electron chi connectivity index (χ3n) is 3.35. The largest absolute Gasteiger partial charge is 0.453 e. The molecular formula is C15H13NO2. The van der Waals surface area contributed by atoms with Crippen molar-refractivity contribution in [1.29, 1.82) is 0 Å². The predicted molar refractivity (Wildman–Crippen MR) is 71.1 cm³/mol. The van der Waals surface area contributed by atoms with Crippen molar-refractivity contribution in [3.05, 3.63) is 51.2 Å². The molecule has 2 aliphatic rings. The lowest BCUT2D eigenvalue weighted by Gasteiger charge is -2.10. The summed E-state index contributed by atoms with van der Waals surface area (Å²) in [6.45, 7) is 5.74. The fourth-order valence-corrected chi connectivity index (χ4v) is 2.10. The van der Waals surface area contributed by atoms with Crippen molar-refractivity contribution in [3.63, 3.8) is 0 Å². The second kappa shape index (κ2) is 3.67. The van der Waals surface area contributed by atoms with Gasteiger partial charge in [-0.1, -0.05) is 6.07 Å². The van der Waals surface area contributed by atoms with Gasteiger partial charge in [0.05, 0.1) is 0 Å². The van der Waals surface area contributed by atoms with Crippen LogP contribution in [0.1, 0.15) is 16.7 Å². The van der Waals surface area contributed by atoms with E-state index in [9.17, 15) is 4.79 Å². The minimum atomic E-state index is -0.00277. The molecule has 0 amide bonds. The molecule has 90 valence electrons. The van der Waals surface area contributed by atoms with Gasteiger partial charge in [-0.25, -0.2) is 4.98 Å². The highest BCUT2D eigenvalue weighted by Gasteiger charge is 2.15. The van der Waals surface area contributed by atoms with Gasteiger partial charge in [-0.05, 0) is 44.0 Å². The Bertz CT molecular complexity index is 787. The van der Waals surface area contributed by atoms with Crippen LogP contribution in [0, 0.1) is 20.8 Å². The van der Waals surface area contributed by atoms with Crippen molar-refractivity contribution in [2.45, 2.75) is 20.8 Å². The molecule has 1 aromatic carbocycles. The Hall–Kier alpha value is -2.16. The normalized spacial score (nSPS) is 11.3. The quantitative estimate of drug-likeness (QED) is 0.566.